The van der Waals surface area contributed by atoms with E-state index >= 15 is 0 Å². The molecule has 0 atom stereocenters. The van der Waals surface area contributed by atoms with E-state index in [0.29, 0.717) is 5.82 Å². The van der Waals surface area contributed by atoms with E-state index in [2.05, 4.69) is 68.6 Å². The van der Waals surface area contributed by atoms with Gasteiger partial charge in [-0.2, -0.15) is 15.0 Å². The Bertz CT molecular complexity index is 595. The van der Waals surface area contributed by atoms with E-state index in [4.69, 9.17) is 11.5 Å². The molecule has 0 saturated heterocycles. The molecule has 2 aromatic rings. The lowest BCUT2D eigenvalue weighted by atomic mass is 9.76. The molecule has 1 aromatic carbocycles. The molecule has 0 bridgehead atoms. The van der Waals surface area contributed by atoms with Gasteiger partial charge in [0.25, 0.3) is 0 Å². The Hall–Kier alpha value is -2.17. The average molecular weight is 315 g/mol. The van der Waals surface area contributed by atoms with Crippen molar-refractivity contribution < 1.29 is 0 Å². The highest BCUT2D eigenvalue weighted by atomic mass is 15.1. The molecule has 5 nitrogen and oxygen atoms in total. The van der Waals surface area contributed by atoms with Gasteiger partial charge in [-0.15, -0.1) is 0 Å². The molecule has 0 fully saturated rings. The molecule has 1 aromatic heterocycles. The fourth-order valence-electron chi connectivity index (χ4n) is 2.65. The SMILES string of the molecule is CC(C)(C)CC(C)(C)c1nc(N)nc(N)n1.Cc1ccccc1. The van der Waals surface area contributed by atoms with Crippen LogP contribution in [0.25, 0.3) is 0 Å². The highest BCUT2D eigenvalue weighted by molar-refractivity contribution is 5.28. The Morgan fingerprint density at radius 1 is 0.826 bits per heavy atom. The highest BCUT2D eigenvalue weighted by Crippen LogP contribution is 2.34. The largest absolute Gasteiger partial charge is 0.368 e. The number of nitrogen functional groups attached to an aromatic ring is 2. The first-order chi connectivity index (χ1) is 10.5. The number of aryl methyl sites for hydroxylation is 1. The molecule has 0 spiro atoms. The summed E-state index contributed by atoms with van der Waals surface area (Å²) in [4.78, 5) is 12.1. The predicted molar refractivity (Wildman–Crippen MR) is 96.9 cm³/mol. The Kier molecular flexibility index (Phi) is 6.07. The summed E-state index contributed by atoms with van der Waals surface area (Å²) in [6, 6.07) is 10.3. The Morgan fingerprint density at radius 2 is 1.30 bits per heavy atom. The Labute approximate surface area is 139 Å². The maximum absolute atomic E-state index is 5.58. The lowest BCUT2D eigenvalue weighted by Crippen LogP contribution is -2.28. The molecule has 0 aliphatic heterocycles. The predicted octanol–water partition coefficient (Wildman–Crippen LogP) is 3.74. The van der Waals surface area contributed by atoms with Crippen molar-refractivity contribution in [2.75, 3.05) is 11.5 Å². The van der Waals surface area contributed by atoms with E-state index in [1.807, 2.05) is 18.2 Å². The number of aromatic nitrogens is 3. The molecule has 0 radical (unpaired) electrons. The lowest BCUT2D eigenvalue weighted by molar-refractivity contribution is 0.275. The minimum atomic E-state index is -0.163. The first-order valence-corrected chi connectivity index (χ1v) is 7.79. The summed E-state index contributed by atoms with van der Waals surface area (Å²) >= 11 is 0. The highest BCUT2D eigenvalue weighted by Gasteiger charge is 2.30. The van der Waals surface area contributed by atoms with Gasteiger partial charge in [0.1, 0.15) is 5.82 Å². The molecule has 0 unspecified atom stereocenters. The monoisotopic (exact) mass is 315 g/mol. The summed E-state index contributed by atoms with van der Waals surface area (Å²) in [5, 5.41) is 0. The van der Waals surface area contributed by atoms with Gasteiger partial charge >= 0.3 is 0 Å². The van der Waals surface area contributed by atoms with Crippen LogP contribution in [0.2, 0.25) is 0 Å². The van der Waals surface area contributed by atoms with Crippen LogP contribution >= 0.6 is 0 Å². The van der Waals surface area contributed by atoms with Gasteiger partial charge in [0.2, 0.25) is 11.9 Å². The van der Waals surface area contributed by atoms with Crippen molar-refractivity contribution in [3.63, 3.8) is 0 Å². The van der Waals surface area contributed by atoms with E-state index in [0.717, 1.165) is 6.42 Å². The second kappa shape index (κ2) is 7.40. The van der Waals surface area contributed by atoms with Gasteiger partial charge in [0, 0.05) is 5.41 Å². The van der Waals surface area contributed by atoms with Crippen LogP contribution in [0, 0.1) is 12.3 Å². The molecule has 0 saturated carbocycles. The van der Waals surface area contributed by atoms with Gasteiger partial charge in [0.05, 0.1) is 0 Å². The number of hydrogen-bond donors (Lipinski definition) is 2. The van der Waals surface area contributed by atoms with E-state index in [9.17, 15) is 0 Å². The van der Waals surface area contributed by atoms with Crippen molar-refractivity contribution >= 4 is 11.9 Å². The van der Waals surface area contributed by atoms with Gasteiger partial charge < -0.3 is 11.5 Å². The van der Waals surface area contributed by atoms with Crippen LogP contribution in [-0.2, 0) is 5.41 Å². The summed E-state index contributed by atoms with van der Waals surface area (Å²) in [5.74, 6) is 1.03. The molecule has 5 heteroatoms. The average Bonchev–Trinajstić information content (AvgIpc) is 2.36. The smallest absolute Gasteiger partial charge is 0.225 e. The summed E-state index contributed by atoms with van der Waals surface area (Å²) in [6.45, 7) is 12.8. The zero-order valence-electron chi connectivity index (χ0n) is 15.1. The zero-order chi connectivity index (χ0) is 17.7. The number of rotatable bonds is 2. The fraction of sp³-hybridized carbons (Fsp3) is 0.500. The minimum Gasteiger partial charge on any atom is -0.368 e. The molecular weight excluding hydrogens is 286 g/mol. The molecule has 0 aliphatic carbocycles. The fourth-order valence-corrected chi connectivity index (χ4v) is 2.65. The number of hydrogen-bond acceptors (Lipinski definition) is 5. The topological polar surface area (TPSA) is 90.7 Å². The summed E-state index contributed by atoms with van der Waals surface area (Å²) in [7, 11) is 0. The van der Waals surface area contributed by atoms with Gasteiger partial charge in [-0.25, -0.2) is 0 Å². The van der Waals surface area contributed by atoms with Crippen molar-refractivity contribution in [3.05, 3.63) is 41.7 Å². The zero-order valence-corrected chi connectivity index (χ0v) is 15.1. The van der Waals surface area contributed by atoms with E-state index in [1.54, 1.807) is 0 Å². The Balaban J connectivity index is 0.000000313. The van der Waals surface area contributed by atoms with E-state index in [1.165, 1.54) is 5.56 Å². The van der Waals surface area contributed by atoms with E-state index < -0.39 is 0 Å². The van der Waals surface area contributed by atoms with Gasteiger partial charge in [-0.05, 0) is 18.8 Å². The van der Waals surface area contributed by atoms with Gasteiger partial charge in [0.15, 0.2) is 0 Å². The third kappa shape index (κ3) is 7.08. The standard InChI is InChI=1S/C11H21N5.C7H8/c1-10(2,3)6-11(4,5)7-14-8(12)16-9(13)15-7;1-7-5-3-2-4-6-7/h6H2,1-5H3,(H4,12,13,14,15,16);2-6H,1H3. The normalized spacial score (nSPS) is 11.6. The summed E-state index contributed by atoms with van der Waals surface area (Å²) < 4.78 is 0. The second-order valence-corrected chi connectivity index (χ2v) is 7.65. The third-order valence-electron chi connectivity index (χ3n) is 3.19. The van der Waals surface area contributed by atoms with Crippen LogP contribution in [0.5, 0.6) is 0 Å². The third-order valence-corrected chi connectivity index (χ3v) is 3.19. The number of nitrogens with zero attached hydrogens (tertiary/aromatic N) is 3. The van der Waals surface area contributed by atoms with Crippen LogP contribution in [0.15, 0.2) is 30.3 Å². The number of benzene rings is 1. The molecule has 23 heavy (non-hydrogen) atoms. The van der Waals surface area contributed by atoms with E-state index in [-0.39, 0.29) is 22.7 Å². The maximum Gasteiger partial charge on any atom is 0.225 e. The molecule has 2 rings (SSSR count). The molecule has 126 valence electrons. The van der Waals surface area contributed by atoms with Gasteiger partial charge in [-0.1, -0.05) is 70.5 Å². The van der Waals surface area contributed by atoms with Crippen LogP contribution in [0.1, 0.15) is 52.4 Å². The van der Waals surface area contributed by atoms with Crippen molar-refractivity contribution in [3.8, 4) is 0 Å². The second-order valence-electron chi connectivity index (χ2n) is 7.65. The first-order valence-electron chi connectivity index (χ1n) is 7.79. The summed E-state index contributed by atoms with van der Waals surface area (Å²) in [5.41, 5.74) is 12.5. The van der Waals surface area contributed by atoms with Crippen molar-refractivity contribution in [2.45, 2.75) is 53.4 Å². The molecule has 1 heterocycles. The van der Waals surface area contributed by atoms with Crippen molar-refractivity contribution in [2.24, 2.45) is 5.41 Å². The number of anilines is 2. The number of nitrogens with two attached hydrogens (primary N) is 2. The van der Waals surface area contributed by atoms with Gasteiger partial charge in [-0.3, -0.25) is 0 Å². The maximum atomic E-state index is 5.58. The Morgan fingerprint density at radius 3 is 1.65 bits per heavy atom. The minimum absolute atomic E-state index is 0.163. The van der Waals surface area contributed by atoms with Crippen LogP contribution in [0.3, 0.4) is 0 Å². The molecule has 0 aliphatic rings. The molecule has 0 amide bonds. The summed E-state index contributed by atoms with van der Waals surface area (Å²) in [6.07, 6.45) is 0.947. The van der Waals surface area contributed by atoms with Crippen LogP contribution < -0.4 is 11.5 Å². The van der Waals surface area contributed by atoms with Crippen molar-refractivity contribution in [1.82, 2.24) is 15.0 Å². The van der Waals surface area contributed by atoms with Crippen molar-refractivity contribution in [1.29, 1.82) is 0 Å². The molecule has 4 N–H and O–H groups in total. The van der Waals surface area contributed by atoms with Crippen LogP contribution in [-0.4, -0.2) is 15.0 Å². The lowest BCUT2D eigenvalue weighted by Gasteiger charge is -2.31. The molecular formula is C18H29N5. The van der Waals surface area contributed by atoms with Crippen LogP contribution in [0.4, 0.5) is 11.9 Å². The quantitative estimate of drug-likeness (QED) is 0.880. The first kappa shape index (κ1) is 18.9.